The number of morpholine rings is 1. The molecular weight excluding hydrogens is 480 g/mol. The Balaban J connectivity index is 1.36. The molecular formula is C26H29ClN6O3. The lowest BCUT2D eigenvalue weighted by atomic mass is 10.1. The number of rotatable bonds is 7. The molecule has 3 N–H and O–H groups in total. The fourth-order valence-corrected chi connectivity index (χ4v) is 4.62. The summed E-state index contributed by atoms with van der Waals surface area (Å²) in [5.41, 5.74) is 3.26. The van der Waals surface area contributed by atoms with Crippen molar-refractivity contribution in [3.05, 3.63) is 70.9 Å². The van der Waals surface area contributed by atoms with Crippen LogP contribution in [0.4, 0.5) is 23.1 Å². The highest BCUT2D eigenvalue weighted by molar-refractivity contribution is 6.30. The molecule has 2 saturated heterocycles. The molecule has 5 rings (SSSR count). The number of amides is 1. The number of carbonyl (C=O) groups excluding carboxylic acids is 1. The molecule has 0 unspecified atom stereocenters. The maximum Gasteiger partial charge on any atom is 0.254 e. The summed E-state index contributed by atoms with van der Waals surface area (Å²) in [4.78, 5) is 26.1. The molecule has 1 atom stereocenters. The molecule has 2 aliphatic rings. The van der Waals surface area contributed by atoms with Gasteiger partial charge in [-0.25, -0.2) is 4.98 Å². The first-order chi connectivity index (χ1) is 17.5. The third-order valence-electron chi connectivity index (χ3n) is 6.27. The van der Waals surface area contributed by atoms with Gasteiger partial charge in [0, 0.05) is 60.9 Å². The Morgan fingerprint density at radius 2 is 2.00 bits per heavy atom. The second kappa shape index (κ2) is 11.1. The molecule has 3 aromatic rings. The van der Waals surface area contributed by atoms with Gasteiger partial charge in [0.05, 0.1) is 19.3 Å². The van der Waals surface area contributed by atoms with Crippen LogP contribution in [0.3, 0.4) is 0 Å². The molecule has 9 nitrogen and oxygen atoms in total. The quantitative estimate of drug-likeness (QED) is 0.445. The number of aliphatic hydroxyl groups excluding tert-OH is 1. The fourth-order valence-electron chi connectivity index (χ4n) is 4.41. The van der Waals surface area contributed by atoms with Crippen molar-refractivity contribution in [2.45, 2.75) is 19.1 Å². The van der Waals surface area contributed by atoms with Crippen molar-refractivity contribution in [3.63, 3.8) is 0 Å². The molecule has 0 spiro atoms. The molecule has 36 heavy (non-hydrogen) atoms. The molecule has 0 radical (unpaired) electrons. The van der Waals surface area contributed by atoms with Gasteiger partial charge in [-0.05, 0) is 48.4 Å². The average Bonchev–Trinajstić information content (AvgIpc) is 3.34. The number of benzene rings is 2. The van der Waals surface area contributed by atoms with E-state index in [4.69, 9.17) is 16.3 Å². The van der Waals surface area contributed by atoms with Gasteiger partial charge in [-0.15, -0.1) is 0 Å². The highest BCUT2D eigenvalue weighted by atomic mass is 35.5. The number of anilines is 4. The molecule has 10 heteroatoms. The molecule has 3 heterocycles. The Kier molecular flexibility index (Phi) is 7.50. The highest BCUT2D eigenvalue weighted by Gasteiger charge is 2.26. The Labute approximate surface area is 215 Å². The Hall–Kier alpha value is -3.40. The SMILES string of the molecule is O=C(c1cc(Nc2nccc(NCc3cccc(Cl)c3)n2)cc(N2CCOCC2)c1)N1CC[C@@H](O)C1. The standard InChI is InChI=1S/C26H29ClN6O3/c27-20-3-1-2-18(12-20)16-29-24-4-6-28-26(31-24)30-21-13-19(25(35)33-7-5-23(34)17-33)14-22(15-21)32-8-10-36-11-9-32/h1-4,6,12-15,23,34H,5,7-11,16-17H2,(H2,28,29,30,31)/t23-/m1/s1. The van der Waals surface area contributed by atoms with Gasteiger partial charge >= 0.3 is 0 Å². The number of halogens is 1. The number of likely N-dealkylation sites (tertiary alicyclic amines) is 1. The normalized spacial score (nSPS) is 17.8. The lowest BCUT2D eigenvalue weighted by Gasteiger charge is -2.30. The van der Waals surface area contributed by atoms with E-state index >= 15 is 0 Å². The van der Waals surface area contributed by atoms with E-state index in [2.05, 4.69) is 25.5 Å². The lowest BCUT2D eigenvalue weighted by molar-refractivity contribution is 0.0765. The van der Waals surface area contributed by atoms with Crippen LogP contribution in [0.2, 0.25) is 5.02 Å². The van der Waals surface area contributed by atoms with Gasteiger partial charge in [0.2, 0.25) is 5.95 Å². The smallest absolute Gasteiger partial charge is 0.254 e. The molecule has 2 aromatic carbocycles. The number of ether oxygens (including phenoxy) is 1. The largest absolute Gasteiger partial charge is 0.391 e. The summed E-state index contributed by atoms with van der Waals surface area (Å²) < 4.78 is 5.50. The van der Waals surface area contributed by atoms with Gasteiger partial charge in [0.25, 0.3) is 5.91 Å². The number of hydrogen-bond donors (Lipinski definition) is 3. The first kappa shape index (κ1) is 24.3. The summed E-state index contributed by atoms with van der Waals surface area (Å²) in [6.07, 6.45) is 1.81. The van der Waals surface area contributed by atoms with E-state index < -0.39 is 6.10 Å². The highest BCUT2D eigenvalue weighted by Crippen LogP contribution is 2.27. The van der Waals surface area contributed by atoms with E-state index in [0.717, 1.165) is 24.3 Å². The van der Waals surface area contributed by atoms with E-state index in [1.165, 1.54) is 0 Å². The van der Waals surface area contributed by atoms with E-state index in [9.17, 15) is 9.90 Å². The zero-order valence-electron chi connectivity index (χ0n) is 19.9. The summed E-state index contributed by atoms with van der Waals surface area (Å²) in [5.74, 6) is 0.988. The molecule has 1 amide bonds. The van der Waals surface area contributed by atoms with Crippen molar-refractivity contribution < 1.29 is 14.6 Å². The minimum Gasteiger partial charge on any atom is -0.391 e. The van der Waals surface area contributed by atoms with Crippen molar-refractivity contribution in [3.8, 4) is 0 Å². The number of aliphatic hydroxyl groups is 1. The van der Waals surface area contributed by atoms with E-state index in [1.807, 2.05) is 42.5 Å². The van der Waals surface area contributed by atoms with Crippen molar-refractivity contribution in [1.29, 1.82) is 0 Å². The van der Waals surface area contributed by atoms with Crippen LogP contribution in [-0.2, 0) is 11.3 Å². The Bertz CT molecular complexity index is 1220. The third kappa shape index (κ3) is 6.04. The summed E-state index contributed by atoms with van der Waals surface area (Å²) >= 11 is 6.08. The number of nitrogens with zero attached hydrogens (tertiary/aromatic N) is 4. The maximum absolute atomic E-state index is 13.2. The number of carbonyl (C=O) groups is 1. The molecule has 0 bridgehead atoms. The monoisotopic (exact) mass is 508 g/mol. The molecule has 1 aromatic heterocycles. The van der Waals surface area contributed by atoms with Crippen LogP contribution < -0.4 is 15.5 Å². The third-order valence-corrected chi connectivity index (χ3v) is 6.50. The van der Waals surface area contributed by atoms with Gasteiger partial charge in [-0.2, -0.15) is 4.98 Å². The van der Waals surface area contributed by atoms with E-state index in [1.54, 1.807) is 17.2 Å². The van der Waals surface area contributed by atoms with Crippen LogP contribution >= 0.6 is 11.6 Å². The van der Waals surface area contributed by atoms with Crippen molar-refractivity contribution in [2.24, 2.45) is 0 Å². The zero-order chi connectivity index (χ0) is 24.9. The number of β-amino-alcohol motifs (C(OH)–C–C–N with tert-alkyl or cyclic N) is 1. The second-order valence-electron chi connectivity index (χ2n) is 8.94. The van der Waals surface area contributed by atoms with E-state index in [0.29, 0.717) is 67.3 Å². The summed E-state index contributed by atoms with van der Waals surface area (Å²) in [5, 5.41) is 17.1. The van der Waals surface area contributed by atoms with Gasteiger partial charge in [0.15, 0.2) is 0 Å². The summed E-state index contributed by atoms with van der Waals surface area (Å²) in [6, 6.07) is 15.2. The molecule has 0 aliphatic carbocycles. The predicted molar refractivity (Wildman–Crippen MR) is 140 cm³/mol. The second-order valence-corrected chi connectivity index (χ2v) is 9.37. The van der Waals surface area contributed by atoms with Crippen LogP contribution in [0.5, 0.6) is 0 Å². The summed E-state index contributed by atoms with van der Waals surface area (Å²) in [7, 11) is 0. The van der Waals surface area contributed by atoms with Crippen molar-refractivity contribution in [1.82, 2.24) is 14.9 Å². The minimum absolute atomic E-state index is 0.0948. The Morgan fingerprint density at radius 1 is 1.14 bits per heavy atom. The molecule has 2 aliphatic heterocycles. The molecule has 0 saturated carbocycles. The Morgan fingerprint density at radius 3 is 2.78 bits per heavy atom. The van der Waals surface area contributed by atoms with Crippen LogP contribution in [0.15, 0.2) is 54.7 Å². The van der Waals surface area contributed by atoms with Crippen molar-refractivity contribution >= 4 is 40.6 Å². The zero-order valence-corrected chi connectivity index (χ0v) is 20.6. The lowest BCUT2D eigenvalue weighted by Crippen LogP contribution is -2.36. The van der Waals surface area contributed by atoms with Gasteiger partial charge in [-0.1, -0.05) is 23.7 Å². The van der Waals surface area contributed by atoms with Gasteiger partial charge in [0.1, 0.15) is 5.82 Å². The average molecular weight is 509 g/mol. The van der Waals surface area contributed by atoms with Crippen LogP contribution in [0, 0.1) is 0 Å². The van der Waals surface area contributed by atoms with E-state index in [-0.39, 0.29) is 5.91 Å². The predicted octanol–water partition coefficient (Wildman–Crippen LogP) is 3.53. The van der Waals surface area contributed by atoms with Crippen LogP contribution in [0.25, 0.3) is 0 Å². The number of hydrogen-bond acceptors (Lipinski definition) is 8. The fraction of sp³-hybridized carbons (Fsp3) is 0.346. The van der Waals surface area contributed by atoms with Gasteiger partial charge in [-0.3, -0.25) is 4.79 Å². The van der Waals surface area contributed by atoms with Crippen LogP contribution in [0.1, 0.15) is 22.3 Å². The van der Waals surface area contributed by atoms with Crippen molar-refractivity contribution in [2.75, 3.05) is 54.9 Å². The number of aromatic nitrogens is 2. The molecule has 188 valence electrons. The van der Waals surface area contributed by atoms with Gasteiger partial charge < -0.3 is 30.3 Å². The first-order valence-electron chi connectivity index (χ1n) is 12.1. The maximum atomic E-state index is 13.2. The minimum atomic E-state index is -0.468. The molecule has 2 fully saturated rings. The van der Waals surface area contributed by atoms with Crippen LogP contribution in [-0.4, -0.2) is 71.4 Å². The number of nitrogens with one attached hydrogen (secondary N) is 2. The first-order valence-corrected chi connectivity index (χ1v) is 12.4. The summed E-state index contributed by atoms with van der Waals surface area (Å²) in [6.45, 7) is 4.26. The topological polar surface area (TPSA) is 103 Å².